The maximum Gasteiger partial charge on any atom is 0.336 e. The Bertz CT molecular complexity index is 1240. The minimum absolute atomic E-state index is 0.124. The van der Waals surface area contributed by atoms with Gasteiger partial charge in [-0.3, -0.25) is 4.79 Å². The van der Waals surface area contributed by atoms with E-state index < -0.39 is 11.2 Å². The third kappa shape index (κ3) is 4.37. The zero-order valence-corrected chi connectivity index (χ0v) is 19.0. The number of hydrogen-bond donors (Lipinski definition) is 1. The Kier molecular flexibility index (Phi) is 5.89. The van der Waals surface area contributed by atoms with E-state index in [-0.39, 0.29) is 24.2 Å². The largest absolute Gasteiger partial charge is 0.482 e. The normalized spacial score (nSPS) is 22.7. The predicted octanol–water partition coefficient (Wildman–Crippen LogP) is 4.65. The highest BCUT2D eigenvalue weighted by molar-refractivity contribution is 6.33. The Morgan fingerprint density at radius 3 is 2.82 bits per heavy atom. The molecule has 7 heteroatoms. The Hall–Kier alpha value is -2.83. The summed E-state index contributed by atoms with van der Waals surface area (Å²) < 4.78 is 11.2. The highest BCUT2D eigenvalue weighted by Gasteiger charge is 2.43. The molecule has 5 rings (SSSR count). The number of benzene rings is 2. The van der Waals surface area contributed by atoms with Crippen molar-refractivity contribution < 1.29 is 19.1 Å². The van der Waals surface area contributed by atoms with Crippen molar-refractivity contribution in [2.75, 3.05) is 19.7 Å². The summed E-state index contributed by atoms with van der Waals surface area (Å²) in [5.41, 5.74) is 0.839. The second kappa shape index (κ2) is 8.84. The molecule has 1 amide bonds. The summed E-state index contributed by atoms with van der Waals surface area (Å²) in [5.74, 6) is 0.272. The molecule has 2 atom stereocenters. The third-order valence-corrected chi connectivity index (χ3v) is 7.31. The lowest BCUT2D eigenvalue weighted by Gasteiger charge is -2.47. The molecule has 1 aliphatic heterocycles. The lowest BCUT2D eigenvalue weighted by molar-refractivity contribution is -0.145. The number of piperidine rings is 1. The van der Waals surface area contributed by atoms with Gasteiger partial charge in [0.05, 0.1) is 10.6 Å². The number of aliphatic hydroxyl groups is 1. The molecule has 3 aromatic rings. The molecule has 1 N–H and O–H groups in total. The number of carbonyl (C=O) groups excluding carboxylic acids is 1. The van der Waals surface area contributed by atoms with Gasteiger partial charge in [-0.2, -0.15) is 0 Å². The fourth-order valence-corrected chi connectivity index (χ4v) is 5.38. The monoisotopic (exact) mass is 467 g/mol. The van der Waals surface area contributed by atoms with E-state index in [0.29, 0.717) is 35.5 Å². The van der Waals surface area contributed by atoms with E-state index in [2.05, 4.69) is 0 Å². The second-order valence-electron chi connectivity index (χ2n) is 9.05. The van der Waals surface area contributed by atoms with Gasteiger partial charge in [0.25, 0.3) is 5.91 Å². The first-order chi connectivity index (χ1) is 15.9. The van der Waals surface area contributed by atoms with Crippen molar-refractivity contribution in [1.29, 1.82) is 0 Å². The maximum absolute atomic E-state index is 12.8. The number of rotatable bonds is 4. The predicted molar refractivity (Wildman–Crippen MR) is 127 cm³/mol. The Morgan fingerprint density at radius 2 is 2.00 bits per heavy atom. The van der Waals surface area contributed by atoms with Crippen molar-refractivity contribution in [3.8, 4) is 16.9 Å². The first-order valence-electron chi connectivity index (χ1n) is 11.4. The van der Waals surface area contributed by atoms with Crippen LogP contribution in [0.4, 0.5) is 0 Å². The van der Waals surface area contributed by atoms with Crippen LogP contribution in [0, 0.1) is 5.92 Å². The molecule has 0 spiro atoms. The van der Waals surface area contributed by atoms with Crippen LogP contribution in [-0.2, 0) is 4.79 Å². The molecule has 2 aliphatic rings. The van der Waals surface area contributed by atoms with Crippen molar-refractivity contribution in [2.24, 2.45) is 5.92 Å². The molecule has 172 valence electrons. The highest BCUT2D eigenvalue weighted by Crippen LogP contribution is 2.40. The van der Waals surface area contributed by atoms with Gasteiger partial charge in [-0.15, -0.1) is 0 Å². The summed E-state index contributed by atoms with van der Waals surface area (Å²) in [6.45, 7) is 0.911. The molecule has 6 nitrogen and oxygen atoms in total. The van der Waals surface area contributed by atoms with Crippen LogP contribution < -0.4 is 10.4 Å². The fourth-order valence-electron chi connectivity index (χ4n) is 5.16. The van der Waals surface area contributed by atoms with Gasteiger partial charge in [0.2, 0.25) is 0 Å². The van der Waals surface area contributed by atoms with Gasteiger partial charge in [-0.05, 0) is 36.5 Å². The standard InChI is InChI=1S/C26H26ClNO5/c27-21-12-20-19(17-6-2-1-3-7-17)13-25(30)33-22(20)14-23(21)32-16-24(29)28-11-10-26(31)9-5-4-8-18(26)15-28/h1-3,6-7,12-14,18,31H,4-5,8-11,15-16H2/t18-,26-/m1/s1. The second-order valence-corrected chi connectivity index (χ2v) is 9.46. The van der Waals surface area contributed by atoms with Gasteiger partial charge < -0.3 is 19.2 Å². The van der Waals surface area contributed by atoms with Crippen LogP contribution in [0.2, 0.25) is 5.02 Å². The molecule has 33 heavy (non-hydrogen) atoms. The molecular formula is C26H26ClNO5. The molecule has 1 saturated heterocycles. The average molecular weight is 468 g/mol. The van der Waals surface area contributed by atoms with E-state index in [1.165, 1.54) is 6.07 Å². The SMILES string of the molecule is O=C(COc1cc2oc(=O)cc(-c3ccccc3)c2cc1Cl)N1CC[C@]2(O)CCCC[C@@H]2C1. The summed E-state index contributed by atoms with van der Waals surface area (Å²) >= 11 is 6.48. The number of likely N-dealkylation sites (tertiary alicyclic amines) is 1. The van der Waals surface area contributed by atoms with E-state index in [0.717, 1.165) is 36.8 Å². The summed E-state index contributed by atoms with van der Waals surface area (Å²) in [6, 6.07) is 14.2. The topological polar surface area (TPSA) is 80.0 Å². The van der Waals surface area contributed by atoms with E-state index in [4.69, 9.17) is 20.8 Å². The lowest BCUT2D eigenvalue weighted by atomic mass is 9.71. The van der Waals surface area contributed by atoms with Gasteiger partial charge >= 0.3 is 5.63 Å². The molecule has 1 saturated carbocycles. The third-order valence-electron chi connectivity index (χ3n) is 7.01. The van der Waals surface area contributed by atoms with Crippen LogP contribution in [0.15, 0.2) is 57.7 Å². The van der Waals surface area contributed by atoms with Crippen molar-refractivity contribution in [3.05, 3.63) is 64.0 Å². The van der Waals surface area contributed by atoms with E-state index in [1.807, 2.05) is 30.3 Å². The average Bonchev–Trinajstić information content (AvgIpc) is 2.82. The number of halogens is 1. The summed E-state index contributed by atoms with van der Waals surface area (Å²) in [7, 11) is 0. The van der Waals surface area contributed by atoms with E-state index in [9.17, 15) is 14.7 Å². The van der Waals surface area contributed by atoms with Crippen molar-refractivity contribution in [1.82, 2.24) is 4.90 Å². The van der Waals surface area contributed by atoms with Gasteiger partial charge in [0.1, 0.15) is 11.3 Å². The number of carbonyl (C=O) groups is 1. The zero-order chi connectivity index (χ0) is 23.0. The summed E-state index contributed by atoms with van der Waals surface area (Å²) in [6.07, 6.45) is 4.51. The minimum atomic E-state index is -0.633. The van der Waals surface area contributed by atoms with E-state index >= 15 is 0 Å². The van der Waals surface area contributed by atoms with Crippen molar-refractivity contribution >= 4 is 28.5 Å². The molecular weight excluding hydrogens is 442 g/mol. The smallest absolute Gasteiger partial charge is 0.336 e. The Balaban J connectivity index is 1.34. The Labute approximate surface area is 196 Å². The molecule has 1 aliphatic carbocycles. The number of hydrogen-bond acceptors (Lipinski definition) is 5. The molecule has 2 fully saturated rings. The molecule has 2 heterocycles. The van der Waals surface area contributed by atoms with Gasteiger partial charge in [0.15, 0.2) is 6.61 Å². The van der Waals surface area contributed by atoms with Gasteiger partial charge in [-0.1, -0.05) is 54.8 Å². The van der Waals surface area contributed by atoms with Crippen molar-refractivity contribution in [2.45, 2.75) is 37.7 Å². The first kappa shape index (κ1) is 22.0. The molecule has 0 bridgehead atoms. The van der Waals surface area contributed by atoms with Crippen LogP contribution in [-0.4, -0.2) is 41.2 Å². The van der Waals surface area contributed by atoms with E-state index in [1.54, 1.807) is 17.0 Å². The molecule has 1 aromatic heterocycles. The van der Waals surface area contributed by atoms with Crippen LogP contribution >= 0.6 is 11.6 Å². The van der Waals surface area contributed by atoms with Crippen LogP contribution in [0.3, 0.4) is 0 Å². The number of fused-ring (bicyclic) bond motifs is 2. The number of amides is 1. The lowest BCUT2D eigenvalue weighted by Crippen LogP contribution is -2.55. The summed E-state index contributed by atoms with van der Waals surface area (Å²) in [4.78, 5) is 26.8. The quantitative estimate of drug-likeness (QED) is 0.565. The first-order valence-corrected chi connectivity index (χ1v) is 11.8. The minimum Gasteiger partial charge on any atom is -0.482 e. The zero-order valence-electron chi connectivity index (χ0n) is 18.3. The fraction of sp³-hybridized carbons (Fsp3) is 0.385. The van der Waals surface area contributed by atoms with Gasteiger partial charge in [0, 0.05) is 36.5 Å². The maximum atomic E-state index is 12.8. The van der Waals surface area contributed by atoms with Gasteiger partial charge in [-0.25, -0.2) is 4.79 Å². The molecule has 0 unspecified atom stereocenters. The van der Waals surface area contributed by atoms with Crippen LogP contribution in [0.25, 0.3) is 22.1 Å². The highest BCUT2D eigenvalue weighted by atomic mass is 35.5. The van der Waals surface area contributed by atoms with Crippen LogP contribution in [0.1, 0.15) is 32.1 Å². The molecule has 0 radical (unpaired) electrons. The molecule has 2 aromatic carbocycles. The summed E-state index contributed by atoms with van der Waals surface area (Å²) in [5, 5.41) is 11.9. The van der Waals surface area contributed by atoms with Crippen LogP contribution in [0.5, 0.6) is 5.75 Å². The van der Waals surface area contributed by atoms with Crippen molar-refractivity contribution in [3.63, 3.8) is 0 Å². The number of nitrogens with zero attached hydrogens (tertiary/aromatic N) is 1. The Morgan fingerprint density at radius 1 is 1.18 bits per heavy atom. The number of ether oxygens (including phenoxy) is 1.